The summed E-state index contributed by atoms with van der Waals surface area (Å²) in [7, 11) is 0. The van der Waals surface area contributed by atoms with E-state index in [0.29, 0.717) is 19.3 Å². The molecule has 0 bridgehead atoms. The van der Waals surface area contributed by atoms with Crippen molar-refractivity contribution in [3.8, 4) is 0 Å². The van der Waals surface area contributed by atoms with Gasteiger partial charge in [0.2, 0.25) is 0 Å². The van der Waals surface area contributed by atoms with E-state index in [1.54, 1.807) is 18.2 Å². The van der Waals surface area contributed by atoms with E-state index < -0.39 is 5.91 Å². The van der Waals surface area contributed by atoms with Crippen LogP contribution >= 0.6 is 23.2 Å². The Morgan fingerprint density at radius 2 is 1.91 bits per heavy atom. The number of halogens is 2. The van der Waals surface area contributed by atoms with Crippen molar-refractivity contribution in [1.82, 2.24) is 20.4 Å². The third-order valence-corrected chi connectivity index (χ3v) is 9.83. The number of carbonyl (C=O) groups is 3. The van der Waals surface area contributed by atoms with E-state index >= 15 is 0 Å². The smallest absolute Gasteiger partial charge is 0.310 e. The fourth-order valence-electron chi connectivity index (χ4n) is 6.21. The van der Waals surface area contributed by atoms with Crippen LogP contribution in [0.4, 0.5) is 5.69 Å². The lowest BCUT2D eigenvalue weighted by Crippen LogP contribution is -2.46. The zero-order valence-corrected chi connectivity index (χ0v) is 27.0. The lowest BCUT2D eigenvalue weighted by molar-refractivity contribution is -0.141. The number of hydrogen-bond donors (Lipinski definition) is 3. The molecule has 1 aromatic carbocycles. The summed E-state index contributed by atoms with van der Waals surface area (Å²) in [5, 5.41) is 12.8. The second-order valence-corrected chi connectivity index (χ2v) is 13.3. The van der Waals surface area contributed by atoms with Gasteiger partial charge in [-0.3, -0.25) is 19.5 Å². The Labute approximate surface area is 268 Å². The van der Waals surface area contributed by atoms with Crippen molar-refractivity contribution in [2.24, 2.45) is 11.8 Å². The minimum absolute atomic E-state index is 0.0496. The summed E-state index contributed by atoms with van der Waals surface area (Å²) in [4.78, 5) is 40.8. The van der Waals surface area contributed by atoms with Crippen LogP contribution in [0.3, 0.4) is 0 Å². The molecule has 4 heterocycles. The van der Waals surface area contributed by atoms with Crippen molar-refractivity contribution in [1.29, 1.82) is 0 Å². The molecule has 12 heteroatoms. The summed E-state index contributed by atoms with van der Waals surface area (Å²) in [6.45, 7) is 9.09. The van der Waals surface area contributed by atoms with Gasteiger partial charge in [0.05, 0.1) is 51.7 Å². The molecule has 3 aliphatic heterocycles. The van der Waals surface area contributed by atoms with Crippen molar-refractivity contribution < 1.29 is 23.9 Å². The number of rotatable bonds is 12. The molecule has 0 aliphatic carbocycles. The van der Waals surface area contributed by atoms with E-state index in [-0.39, 0.29) is 62.3 Å². The standard InChI is InChI=1S/C32H41Cl2N5O5/c1-19(7-4-5-12-32(3)20(2)44-32)15-21-18-43-31(42)23(21)17-39-13-10-22(11-14-39)36-30(41)28-26(16-35-38-28)37-29(40)27-24(33)8-6-9-25(27)34/h6-9,16,20-23H,4-5,10-15,17-18H2,1-3H3,(H,35,38)(H,36,41)(H,37,40)/b19-7+/t20-,21-,23?,32-/m1/s1. The van der Waals surface area contributed by atoms with Gasteiger partial charge >= 0.3 is 5.97 Å². The van der Waals surface area contributed by atoms with E-state index in [2.05, 4.69) is 52.6 Å². The lowest BCUT2D eigenvalue weighted by Gasteiger charge is -2.34. The van der Waals surface area contributed by atoms with E-state index in [9.17, 15) is 14.4 Å². The van der Waals surface area contributed by atoms with Crippen LogP contribution in [0.5, 0.6) is 0 Å². The number of nitrogens with one attached hydrogen (secondary N) is 3. The third-order valence-electron chi connectivity index (χ3n) is 9.20. The number of allylic oxidation sites excluding steroid dienone is 2. The van der Waals surface area contributed by atoms with Crippen LogP contribution in [-0.2, 0) is 14.3 Å². The van der Waals surface area contributed by atoms with Gasteiger partial charge in [0.15, 0.2) is 0 Å². The van der Waals surface area contributed by atoms with E-state index in [4.69, 9.17) is 32.7 Å². The Balaban J connectivity index is 1.07. The maximum absolute atomic E-state index is 13.1. The van der Waals surface area contributed by atoms with Gasteiger partial charge in [-0.15, -0.1) is 0 Å². The summed E-state index contributed by atoms with van der Waals surface area (Å²) in [6, 6.07) is 4.74. The molecule has 0 saturated carbocycles. The predicted octanol–water partition coefficient (Wildman–Crippen LogP) is 5.64. The number of H-pyrrole nitrogens is 1. The van der Waals surface area contributed by atoms with Crippen LogP contribution in [0.25, 0.3) is 0 Å². The van der Waals surface area contributed by atoms with Crippen molar-refractivity contribution in [3.63, 3.8) is 0 Å². The molecule has 3 N–H and O–H groups in total. The summed E-state index contributed by atoms with van der Waals surface area (Å²) >= 11 is 12.3. The number of unbranched alkanes of at least 4 members (excludes halogenated alkanes) is 1. The maximum atomic E-state index is 13.1. The summed E-state index contributed by atoms with van der Waals surface area (Å²) in [5.74, 6) is -0.983. The minimum atomic E-state index is -0.536. The molecule has 0 radical (unpaired) electrons. The molecule has 1 unspecified atom stereocenters. The SMILES string of the molecule is C/C(=C\CCC[C@@]1(C)O[C@@H]1C)C[C@@H]1COC(=O)C1CN1CCC(NC(=O)c2[nH]ncc2NC(=O)c2c(Cl)cccc2Cl)CC1. The highest BCUT2D eigenvalue weighted by Gasteiger charge is 2.47. The van der Waals surface area contributed by atoms with Gasteiger partial charge in [-0.2, -0.15) is 5.10 Å². The number of ether oxygens (including phenoxy) is 2. The molecule has 3 fully saturated rings. The van der Waals surface area contributed by atoms with Gasteiger partial charge in [-0.1, -0.05) is 40.9 Å². The van der Waals surface area contributed by atoms with Crippen LogP contribution in [0.1, 0.15) is 80.1 Å². The van der Waals surface area contributed by atoms with Gasteiger partial charge in [0, 0.05) is 31.6 Å². The fourth-order valence-corrected chi connectivity index (χ4v) is 6.78. The number of aromatic amines is 1. The molecule has 3 saturated heterocycles. The van der Waals surface area contributed by atoms with E-state index in [1.807, 2.05) is 0 Å². The number of aromatic nitrogens is 2. The molecular formula is C32H41Cl2N5O5. The molecule has 44 heavy (non-hydrogen) atoms. The average molecular weight is 647 g/mol. The number of nitrogens with zero attached hydrogens (tertiary/aromatic N) is 2. The Bertz CT molecular complexity index is 1380. The zero-order valence-electron chi connectivity index (χ0n) is 25.5. The minimum Gasteiger partial charge on any atom is -0.465 e. The molecular weight excluding hydrogens is 605 g/mol. The van der Waals surface area contributed by atoms with E-state index in [1.165, 1.54) is 11.8 Å². The summed E-state index contributed by atoms with van der Waals surface area (Å²) in [5.41, 5.74) is 1.87. The largest absolute Gasteiger partial charge is 0.465 e. The number of benzene rings is 1. The molecule has 238 valence electrons. The summed E-state index contributed by atoms with van der Waals surface area (Å²) < 4.78 is 11.2. The number of cyclic esters (lactones) is 1. The highest BCUT2D eigenvalue weighted by atomic mass is 35.5. The normalized spacial score (nSPS) is 26.0. The first-order valence-corrected chi connectivity index (χ1v) is 16.1. The van der Waals surface area contributed by atoms with Crippen molar-refractivity contribution in [3.05, 3.63) is 57.3 Å². The first-order chi connectivity index (χ1) is 21.0. The quantitative estimate of drug-likeness (QED) is 0.118. The predicted molar refractivity (Wildman–Crippen MR) is 169 cm³/mol. The van der Waals surface area contributed by atoms with Gasteiger partial charge in [0.1, 0.15) is 5.69 Å². The first kappa shape index (κ1) is 32.5. The highest BCUT2D eigenvalue weighted by Crippen LogP contribution is 2.40. The van der Waals surface area contributed by atoms with Gasteiger partial charge in [0.25, 0.3) is 11.8 Å². The first-order valence-electron chi connectivity index (χ1n) is 15.4. The molecule has 2 amide bonds. The zero-order chi connectivity index (χ0) is 31.4. The molecule has 0 spiro atoms. The molecule has 3 aliphatic rings. The number of anilines is 1. The summed E-state index contributed by atoms with van der Waals surface area (Å²) in [6.07, 6.45) is 9.56. The lowest BCUT2D eigenvalue weighted by atomic mass is 9.88. The van der Waals surface area contributed by atoms with Crippen molar-refractivity contribution in [2.75, 3.05) is 31.6 Å². The van der Waals surface area contributed by atoms with Crippen LogP contribution < -0.4 is 10.6 Å². The topological polar surface area (TPSA) is 129 Å². The number of amides is 2. The van der Waals surface area contributed by atoms with Gasteiger partial charge in [-0.05, 0) is 71.4 Å². The second kappa shape index (κ2) is 14.0. The van der Waals surface area contributed by atoms with Crippen molar-refractivity contribution >= 4 is 46.7 Å². The number of esters is 1. The van der Waals surface area contributed by atoms with Crippen LogP contribution in [0.2, 0.25) is 10.0 Å². The number of piperidine rings is 1. The van der Waals surface area contributed by atoms with E-state index in [0.717, 1.165) is 51.6 Å². The number of epoxide rings is 1. The Morgan fingerprint density at radius 1 is 1.20 bits per heavy atom. The second-order valence-electron chi connectivity index (χ2n) is 12.5. The monoisotopic (exact) mass is 645 g/mol. The Morgan fingerprint density at radius 3 is 2.59 bits per heavy atom. The molecule has 1 aromatic heterocycles. The molecule has 4 atom stereocenters. The number of carbonyl (C=O) groups excluding carboxylic acids is 3. The maximum Gasteiger partial charge on any atom is 0.310 e. The Hall–Kier alpha value is -2.92. The van der Waals surface area contributed by atoms with Gasteiger partial charge < -0.3 is 25.0 Å². The average Bonchev–Trinajstić information content (AvgIpc) is 3.26. The number of hydrogen-bond acceptors (Lipinski definition) is 7. The number of likely N-dealkylation sites (tertiary alicyclic amines) is 1. The highest BCUT2D eigenvalue weighted by molar-refractivity contribution is 6.40. The van der Waals surface area contributed by atoms with Gasteiger partial charge in [-0.25, -0.2) is 0 Å². The van der Waals surface area contributed by atoms with Crippen LogP contribution in [0.15, 0.2) is 36.0 Å². The molecule has 10 nitrogen and oxygen atoms in total. The van der Waals surface area contributed by atoms with Crippen molar-refractivity contribution in [2.45, 2.75) is 77.0 Å². The van der Waals surface area contributed by atoms with Crippen LogP contribution in [0, 0.1) is 11.8 Å². The Kier molecular flexibility index (Phi) is 10.3. The molecule has 2 aromatic rings. The molecule has 5 rings (SSSR count). The third kappa shape index (κ3) is 7.83. The van der Waals surface area contributed by atoms with Crippen LogP contribution in [-0.4, -0.2) is 76.9 Å². The fraction of sp³-hybridized carbons (Fsp3) is 0.562.